The Morgan fingerprint density at radius 3 is 2.29 bits per heavy atom. The topological polar surface area (TPSA) is 83.2 Å². The Morgan fingerprint density at radius 1 is 0.946 bits per heavy atom. The molecule has 2 saturated heterocycles. The van der Waals surface area contributed by atoms with Gasteiger partial charge in [0.15, 0.2) is 0 Å². The Balaban J connectivity index is 0.861. The Morgan fingerprint density at radius 2 is 1.62 bits per heavy atom. The van der Waals surface area contributed by atoms with E-state index < -0.39 is 30.6 Å². The quantitative estimate of drug-likeness (QED) is 0.148. The van der Waals surface area contributed by atoms with Crippen LogP contribution < -0.4 is 4.90 Å². The van der Waals surface area contributed by atoms with Crippen LogP contribution in [-0.2, 0) is 24.3 Å². The summed E-state index contributed by atoms with van der Waals surface area (Å²) in [7, 11) is 0. The fourth-order valence-corrected chi connectivity index (χ4v) is 10.2. The fraction of sp³-hybridized carbons (Fsp3) is 0.465. The van der Waals surface area contributed by atoms with Crippen LogP contribution in [-0.4, -0.2) is 101 Å². The number of fused-ring (bicyclic) bond motifs is 5. The summed E-state index contributed by atoms with van der Waals surface area (Å²) in [6.45, 7) is 7.06. The first-order valence-corrected chi connectivity index (χ1v) is 19.8. The van der Waals surface area contributed by atoms with E-state index in [2.05, 4.69) is 4.98 Å². The molecular weight excluding hydrogens is 725 g/mol. The highest BCUT2D eigenvalue weighted by Gasteiger charge is 2.48. The molecular formula is C43H46F4N6O3. The molecule has 0 radical (unpaired) electrons. The van der Waals surface area contributed by atoms with Gasteiger partial charge in [0.05, 0.1) is 30.3 Å². The zero-order chi connectivity index (χ0) is 39.0. The molecule has 0 bridgehead atoms. The molecule has 56 heavy (non-hydrogen) atoms. The lowest BCUT2D eigenvalue weighted by atomic mass is 9.73. The smallest absolute Gasteiger partial charge is 0.261 e. The van der Waals surface area contributed by atoms with Crippen molar-refractivity contribution in [3.8, 4) is 0 Å². The largest absolute Gasteiger partial charge is 0.371 e. The maximum atomic E-state index is 16.3. The molecule has 294 valence electrons. The number of piperidine rings is 1. The second-order valence-corrected chi connectivity index (χ2v) is 16.6. The van der Waals surface area contributed by atoms with Gasteiger partial charge in [-0.2, -0.15) is 0 Å². The van der Waals surface area contributed by atoms with Crippen molar-refractivity contribution in [3.63, 3.8) is 0 Å². The average Bonchev–Trinajstić information content (AvgIpc) is 3.80. The second kappa shape index (κ2) is 14.0. The van der Waals surface area contributed by atoms with Gasteiger partial charge < -0.3 is 14.8 Å². The minimum Gasteiger partial charge on any atom is -0.371 e. The first kappa shape index (κ1) is 36.9. The maximum Gasteiger partial charge on any atom is 0.261 e. The van der Waals surface area contributed by atoms with Gasteiger partial charge in [-0.25, -0.2) is 17.6 Å². The molecule has 1 aromatic heterocycles. The predicted molar refractivity (Wildman–Crippen MR) is 204 cm³/mol. The number of para-hydroxylation sites is 1. The zero-order valence-corrected chi connectivity index (χ0v) is 31.7. The first-order valence-electron chi connectivity index (χ1n) is 19.8. The van der Waals surface area contributed by atoms with Gasteiger partial charge in [-0.3, -0.25) is 29.1 Å². The van der Waals surface area contributed by atoms with Crippen LogP contribution in [0.2, 0.25) is 0 Å². The second-order valence-electron chi connectivity index (χ2n) is 16.6. The van der Waals surface area contributed by atoms with Crippen molar-refractivity contribution in [2.75, 3.05) is 50.7 Å². The molecule has 0 saturated carbocycles. The summed E-state index contributed by atoms with van der Waals surface area (Å²) in [6, 6.07) is 12.7. The zero-order valence-electron chi connectivity index (χ0n) is 31.7. The van der Waals surface area contributed by atoms with Gasteiger partial charge in [-0.05, 0) is 79.6 Å². The molecule has 1 spiro atoms. The molecule has 6 heterocycles. The number of H-pyrrole nitrogens is 1. The third-order valence-corrected chi connectivity index (χ3v) is 12.8. The molecule has 5 aliphatic rings. The minimum absolute atomic E-state index is 0.00145. The number of likely N-dealkylation sites (tertiary alicyclic amines) is 1. The van der Waals surface area contributed by atoms with Crippen LogP contribution in [0.1, 0.15) is 94.2 Å². The van der Waals surface area contributed by atoms with E-state index >= 15 is 8.78 Å². The molecule has 0 aliphatic carbocycles. The number of nitrogens with zero attached hydrogens (tertiary/aromatic N) is 5. The third-order valence-electron chi connectivity index (χ3n) is 12.8. The van der Waals surface area contributed by atoms with Gasteiger partial charge in [0.1, 0.15) is 11.6 Å². The molecule has 3 amide bonds. The van der Waals surface area contributed by atoms with Crippen LogP contribution in [0.5, 0.6) is 0 Å². The van der Waals surface area contributed by atoms with Gasteiger partial charge in [0, 0.05) is 85.1 Å². The summed E-state index contributed by atoms with van der Waals surface area (Å²) in [5, 5.41) is 0.932. The van der Waals surface area contributed by atoms with E-state index in [1.807, 2.05) is 64.9 Å². The van der Waals surface area contributed by atoms with E-state index in [9.17, 15) is 23.2 Å². The van der Waals surface area contributed by atoms with Crippen molar-refractivity contribution in [1.82, 2.24) is 24.6 Å². The number of carbonyl (C=O) groups excluding carboxylic acids is 3. The third kappa shape index (κ3) is 6.18. The van der Waals surface area contributed by atoms with E-state index in [-0.39, 0.29) is 47.8 Å². The highest BCUT2D eigenvalue weighted by molar-refractivity contribution is 6.21. The van der Waals surface area contributed by atoms with Crippen molar-refractivity contribution in [3.05, 3.63) is 99.2 Å². The number of aromatic amines is 1. The van der Waals surface area contributed by atoms with Crippen molar-refractivity contribution in [2.24, 2.45) is 5.41 Å². The molecule has 1 N–H and O–H groups in total. The highest BCUT2D eigenvalue weighted by atomic mass is 19.3. The van der Waals surface area contributed by atoms with E-state index in [0.717, 1.165) is 53.3 Å². The fourth-order valence-electron chi connectivity index (χ4n) is 10.2. The molecule has 3 aromatic carbocycles. The molecule has 4 aromatic rings. The van der Waals surface area contributed by atoms with Crippen molar-refractivity contribution < 1.29 is 31.9 Å². The Labute approximate surface area is 323 Å². The van der Waals surface area contributed by atoms with Crippen LogP contribution in [0.4, 0.5) is 23.2 Å². The van der Waals surface area contributed by atoms with Gasteiger partial charge in [0.25, 0.3) is 18.2 Å². The molecule has 13 heteroatoms. The molecule has 2 fully saturated rings. The summed E-state index contributed by atoms with van der Waals surface area (Å²) in [5.41, 5.74) is 5.03. The maximum absolute atomic E-state index is 16.3. The highest BCUT2D eigenvalue weighted by Crippen LogP contribution is 2.44. The minimum atomic E-state index is -2.66. The van der Waals surface area contributed by atoms with E-state index in [1.54, 1.807) is 0 Å². The van der Waals surface area contributed by atoms with Gasteiger partial charge in [0.2, 0.25) is 5.91 Å². The molecule has 9 nitrogen and oxygen atoms in total. The molecule has 5 aliphatic heterocycles. The molecule has 1 unspecified atom stereocenters. The average molecular weight is 771 g/mol. The Hall–Kier alpha value is -4.75. The number of nitrogens with one attached hydrogen (secondary N) is 1. The van der Waals surface area contributed by atoms with Crippen LogP contribution in [0.25, 0.3) is 10.9 Å². The number of alkyl halides is 2. The van der Waals surface area contributed by atoms with E-state index in [0.29, 0.717) is 68.2 Å². The van der Waals surface area contributed by atoms with Crippen LogP contribution in [0.3, 0.4) is 0 Å². The Bertz CT molecular complexity index is 2180. The normalized spacial score (nSPS) is 21.3. The standard InChI is InChI=1S/C43H46F4N6O3/c1-3-7-25(2)53-41(55)31-14-26-18-49(19-27(26)15-32(31)42(53)56)21-37(54)52-23-43(24-52)11-6-12-51(22-43)28-16-33(44)38(34(45)17-28)40-39-30(10-13-50(40)20-36(46)47)29-8-4-5-9-35(29)48-39/h4-5,8-9,14-17,25,36,40,48H,3,6-7,10-13,18-24H2,1-2H3/t25?,40-/m1/s1. The summed E-state index contributed by atoms with van der Waals surface area (Å²) < 4.78 is 60.0. The Kier molecular flexibility index (Phi) is 9.23. The number of hydrogen-bond acceptors (Lipinski definition) is 6. The number of aromatic nitrogens is 1. The van der Waals surface area contributed by atoms with Crippen LogP contribution in [0.15, 0.2) is 48.5 Å². The number of imide groups is 1. The van der Waals surface area contributed by atoms with Crippen LogP contribution >= 0.6 is 0 Å². The molecule has 9 rings (SSSR count). The summed E-state index contributed by atoms with van der Waals surface area (Å²) >= 11 is 0. The number of rotatable bonds is 9. The lowest BCUT2D eigenvalue weighted by molar-refractivity contribution is -0.145. The van der Waals surface area contributed by atoms with E-state index in [4.69, 9.17) is 0 Å². The monoisotopic (exact) mass is 770 g/mol. The van der Waals surface area contributed by atoms with Crippen molar-refractivity contribution in [2.45, 2.75) is 77.6 Å². The number of amides is 3. The first-order chi connectivity index (χ1) is 26.9. The SMILES string of the molecule is CCCC(C)N1C(=O)c2cc3c(cc2C1=O)CN(CC(=O)N1CC2(CCCN(c4cc(F)c([C@@H]5c6[nH]c7ccccc7c6CCN5CC(F)F)c(F)c4)C2)C1)C3. The van der Waals surface area contributed by atoms with E-state index in [1.165, 1.54) is 21.9 Å². The predicted octanol–water partition coefficient (Wildman–Crippen LogP) is 6.89. The summed E-state index contributed by atoms with van der Waals surface area (Å²) in [5.74, 6) is -2.04. The molecule has 2 atom stereocenters. The number of hydrogen-bond donors (Lipinski definition) is 1. The van der Waals surface area contributed by atoms with Crippen molar-refractivity contribution in [1.29, 1.82) is 0 Å². The van der Waals surface area contributed by atoms with Crippen molar-refractivity contribution >= 4 is 34.3 Å². The number of halogens is 4. The van der Waals surface area contributed by atoms with Gasteiger partial charge >= 0.3 is 0 Å². The van der Waals surface area contributed by atoms with Gasteiger partial charge in [-0.15, -0.1) is 0 Å². The lowest BCUT2D eigenvalue weighted by Gasteiger charge is -2.55. The summed E-state index contributed by atoms with van der Waals surface area (Å²) in [6.07, 6.45) is 1.15. The van der Waals surface area contributed by atoms with Crippen LogP contribution in [0, 0.1) is 17.0 Å². The number of anilines is 1. The lowest BCUT2D eigenvalue weighted by Crippen LogP contribution is -2.65. The summed E-state index contributed by atoms with van der Waals surface area (Å²) in [4.78, 5) is 51.9. The number of carbonyl (C=O) groups is 3. The number of benzene rings is 3. The van der Waals surface area contributed by atoms with Gasteiger partial charge in [-0.1, -0.05) is 31.5 Å².